The molecule has 24 heavy (non-hydrogen) atoms. The van der Waals surface area contributed by atoms with Gasteiger partial charge in [-0.15, -0.1) is 0 Å². The minimum absolute atomic E-state index is 0.233. The third-order valence-electron chi connectivity index (χ3n) is 3.54. The summed E-state index contributed by atoms with van der Waals surface area (Å²) in [6.07, 6.45) is -0.953. The Bertz CT molecular complexity index is 770. The zero-order chi connectivity index (χ0) is 17.9. The Balaban J connectivity index is 2.05. The van der Waals surface area contributed by atoms with Gasteiger partial charge in [0, 0.05) is 5.69 Å². The van der Waals surface area contributed by atoms with E-state index in [1.807, 2.05) is 32.0 Å². The van der Waals surface area contributed by atoms with Crippen molar-refractivity contribution >= 4 is 40.8 Å². The first-order valence-corrected chi connectivity index (χ1v) is 8.08. The van der Waals surface area contributed by atoms with Gasteiger partial charge in [-0.2, -0.15) is 0 Å². The van der Waals surface area contributed by atoms with E-state index in [1.54, 1.807) is 0 Å². The number of para-hydroxylation sites is 1. The molecule has 2 rings (SSSR count). The molecule has 0 saturated heterocycles. The quantitative estimate of drug-likeness (QED) is 0.792. The summed E-state index contributed by atoms with van der Waals surface area (Å²) in [6, 6.07) is 10.1. The van der Waals surface area contributed by atoms with Gasteiger partial charge in [-0.25, -0.2) is 4.79 Å². The van der Waals surface area contributed by atoms with Crippen LogP contribution in [0.3, 0.4) is 0 Å². The van der Waals surface area contributed by atoms with Gasteiger partial charge in [0.2, 0.25) is 0 Å². The first-order chi connectivity index (χ1) is 11.3. The van der Waals surface area contributed by atoms with Crippen LogP contribution in [0, 0.1) is 13.8 Å². The van der Waals surface area contributed by atoms with Crippen molar-refractivity contribution < 1.29 is 14.3 Å². The van der Waals surface area contributed by atoms with Crippen LogP contribution in [0.25, 0.3) is 0 Å². The molecule has 0 spiro atoms. The maximum atomic E-state index is 12.3. The van der Waals surface area contributed by atoms with Crippen LogP contribution in [-0.2, 0) is 9.53 Å². The van der Waals surface area contributed by atoms with E-state index in [4.69, 9.17) is 27.9 Å². The van der Waals surface area contributed by atoms with Crippen LogP contribution >= 0.6 is 23.2 Å². The highest BCUT2D eigenvalue weighted by atomic mass is 35.5. The highest BCUT2D eigenvalue weighted by Crippen LogP contribution is 2.23. The van der Waals surface area contributed by atoms with Crippen molar-refractivity contribution in [2.45, 2.75) is 26.9 Å². The Morgan fingerprint density at radius 1 is 1.04 bits per heavy atom. The Morgan fingerprint density at radius 3 is 2.25 bits per heavy atom. The summed E-state index contributed by atoms with van der Waals surface area (Å²) in [7, 11) is 0. The molecule has 0 heterocycles. The van der Waals surface area contributed by atoms with Crippen molar-refractivity contribution in [2.75, 3.05) is 5.32 Å². The van der Waals surface area contributed by atoms with Gasteiger partial charge in [0.05, 0.1) is 15.6 Å². The maximum Gasteiger partial charge on any atom is 0.338 e. The van der Waals surface area contributed by atoms with Crippen molar-refractivity contribution in [2.24, 2.45) is 0 Å². The third-order valence-corrected chi connectivity index (χ3v) is 4.28. The van der Waals surface area contributed by atoms with Crippen LogP contribution in [0.4, 0.5) is 5.69 Å². The van der Waals surface area contributed by atoms with Crippen LogP contribution in [0.15, 0.2) is 36.4 Å². The number of anilines is 1. The number of amides is 1. The van der Waals surface area contributed by atoms with Gasteiger partial charge in [-0.1, -0.05) is 41.4 Å². The lowest BCUT2D eigenvalue weighted by Gasteiger charge is -2.16. The second-order valence-corrected chi connectivity index (χ2v) is 6.25. The topological polar surface area (TPSA) is 55.4 Å². The molecule has 1 N–H and O–H groups in total. The summed E-state index contributed by atoms with van der Waals surface area (Å²) in [5.74, 6) is -1.04. The van der Waals surface area contributed by atoms with E-state index in [0.717, 1.165) is 16.8 Å². The molecule has 0 unspecified atom stereocenters. The molecule has 1 atom stereocenters. The fourth-order valence-corrected chi connectivity index (χ4v) is 2.44. The zero-order valence-corrected chi connectivity index (χ0v) is 15.0. The third kappa shape index (κ3) is 4.28. The van der Waals surface area contributed by atoms with Crippen molar-refractivity contribution in [1.82, 2.24) is 0 Å². The second kappa shape index (κ2) is 7.69. The predicted molar refractivity (Wildman–Crippen MR) is 95.9 cm³/mol. The van der Waals surface area contributed by atoms with Gasteiger partial charge >= 0.3 is 5.97 Å². The number of rotatable bonds is 4. The first-order valence-electron chi connectivity index (χ1n) is 7.32. The van der Waals surface area contributed by atoms with Gasteiger partial charge in [0.15, 0.2) is 6.10 Å². The van der Waals surface area contributed by atoms with Gasteiger partial charge in [-0.05, 0) is 50.1 Å². The number of carbonyl (C=O) groups excluding carboxylic acids is 2. The average Bonchev–Trinajstić information content (AvgIpc) is 2.53. The lowest BCUT2D eigenvalue weighted by Crippen LogP contribution is -2.30. The molecule has 0 radical (unpaired) electrons. The van der Waals surface area contributed by atoms with Crippen molar-refractivity contribution in [1.29, 1.82) is 0 Å². The van der Waals surface area contributed by atoms with Crippen molar-refractivity contribution in [3.05, 3.63) is 63.1 Å². The van der Waals surface area contributed by atoms with Crippen LogP contribution < -0.4 is 5.32 Å². The van der Waals surface area contributed by atoms with Crippen LogP contribution in [0.1, 0.15) is 28.4 Å². The monoisotopic (exact) mass is 365 g/mol. The van der Waals surface area contributed by atoms with E-state index < -0.39 is 18.0 Å². The van der Waals surface area contributed by atoms with E-state index in [-0.39, 0.29) is 10.6 Å². The zero-order valence-electron chi connectivity index (χ0n) is 13.5. The SMILES string of the molecule is Cc1cccc(C)c1NC(=O)[C@H](C)OC(=O)c1ccc(Cl)c(Cl)c1. The van der Waals surface area contributed by atoms with E-state index in [1.165, 1.54) is 25.1 Å². The van der Waals surface area contributed by atoms with E-state index in [2.05, 4.69) is 5.32 Å². The van der Waals surface area contributed by atoms with Crippen molar-refractivity contribution in [3.63, 3.8) is 0 Å². The number of hydrogen-bond acceptors (Lipinski definition) is 3. The highest BCUT2D eigenvalue weighted by Gasteiger charge is 2.20. The number of hydrogen-bond donors (Lipinski definition) is 1. The van der Waals surface area contributed by atoms with Gasteiger partial charge in [0.25, 0.3) is 5.91 Å². The Labute approximate surface area is 150 Å². The highest BCUT2D eigenvalue weighted by molar-refractivity contribution is 6.42. The van der Waals surface area contributed by atoms with Gasteiger partial charge < -0.3 is 10.1 Å². The minimum atomic E-state index is -0.953. The molecule has 6 heteroatoms. The van der Waals surface area contributed by atoms with Gasteiger partial charge in [-0.3, -0.25) is 4.79 Å². The summed E-state index contributed by atoms with van der Waals surface area (Å²) < 4.78 is 5.19. The fourth-order valence-electron chi connectivity index (χ4n) is 2.14. The lowest BCUT2D eigenvalue weighted by atomic mass is 10.1. The van der Waals surface area contributed by atoms with Gasteiger partial charge in [0.1, 0.15) is 0 Å². The summed E-state index contributed by atoms with van der Waals surface area (Å²) in [6.45, 7) is 5.31. The van der Waals surface area contributed by atoms with Crippen LogP contribution in [0.5, 0.6) is 0 Å². The number of nitrogens with one attached hydrogen (secondary N) is 1. The number of aryl methyl sites for hydroxylation is 2. The van der Waals surface area contributed by atoms with E-state index >= 15 is 0 Å². The molecule has 2 aromatic carbocycles. The van der Waals surface area contributed by atoms with E-state index in [0.29, 0.717) is 5.02 Å². The molecule has 0 bridgehead atoms. The number of carbonyl (C=O) groups is 2. The van der Waals surface area contributed by atoms with E-state index in [9.17, 15) is 9.59 Å². The molecule has 1 amide bonds. The molecule has 2 aromatic rings. The molecule has 0 aliphatic carbocycles. The standard InChI is InChI=1S/C18H17Cl2NO3/c1-10-5-4-6-11(2)16(10)21-17(22)12(3)24-18(23)13-7-8-14(19)15(20)9-13/h4-9,12H,1-3H3,(H,21,22)/t12-/m0/s1. The normalized spacial score (nSPS) is 11.7. The minimum Gasteiger partial charge on any atom is -0.449 e. The number of halogens is 2. The second-order valence-electron chi connectivity index (χ2n) is 5.43. The molecule has 0 aromatic heterocycles. The lowest BCUT2D eigenvalue weighted by molar-refractivity contribution is -0.123. The molecule has 126 valence electrons. The first kappa shape index (κ1) is 18.3. The van der Waals surface area contributed by atoms with Crippen LogP contribution in [0.2, 0.25) is 10.0 Å². The number of benzene rings is 2. The van der Waals surface area contributed by atoms with Crippen LogP contribution in [-0.4, -0.2) is 18.0 Å². The maximum absolute atomic E-state index is 12.3. The largest absolute Gasteiger partial charge is 0.449 e. The summed E-state index contributed by atoms with van der Waals surface area (Å²) in [4.78, 5) is 24.4. The Morgan fingerprint density at radius 2 is 1.67 bits per heavy atom. The fraction of sp³-hybridized carbons (Fsp3) is 0.222. The Kier molecular flexibility index (Phi) is 5.86. The summed E-state index contributed by atoms with van der Waals surface area (Å²) >= 11 is 11.7. The molecule has 0 fully saturated rings. The molecular formula is C18H17Cl2NO3. The Hall–Kier alpha value is -2.04. The smallest absolute Gasteiger partial charge is 0.338 e. The number of ether oxygens (including phenoxy) is 1. The molecule has 0 aliphatic rings. The predicted octanol–water partition coefficient (Wildman–Crippen LogP) is 4.79. The molecule has 4 nitrogen and oxygen atoms in total. The molecule has 0 aliphatic heterocycles. The summed E-state index contributed by atoms with van der Waals surface area (Å²) in [5.41, 5.74) is 2.83. The number of esters is 1. The van der Waals surface area contributed by atoms with Crippen molar-refractivity contribution in [3.8, 4) is 0 Å². The molecule has 0 saturated carbocycles. The molecular weight excluding hydrogens is 349 g/mol. The summed E-state index contributed by atoms with van der Waals surface area (Å²) in [5, 5.41) is 3.38. The average molecular weight is 366 g/mol.